The minimum atomic E-state index is 0.505. The lowest BCUT2D eigenvalue weighted by molar-refractivity contribution is 0.400. The number of rotatable bonds is 2. The van der Waals surface area contributed by atoms with Gasteiger partial charge in [0.2, 0.25) is 0 Å². The number of nitrogen functional groups attached to an aromatic ring is 1. The van der Waals surface area contributed by atoms with E-state index in [1.54, 1.807) is 6.20 Å². The number of hydrogen-bond acceptors (Lipinski definition) is 3. The third-order valence-corrected chi connectivity index (χ3v) is 4.41. The molecule has 0 aliphatic heterocycles. The van der Waals surface area contributed by atoms with E-state index in [2.05, 4.69) is 9.38 Å². The molecule has 106 valence electrons. The van der Waals surface area contributed by atoms with E-state index in [4.69, 9.17) is 22.3 Å². The molecular weight excluding hydrogens is 284 g/mol. The van der Waals surface area contributed by atoms with Crippen LogP contribution >= 0.6 is 11.6 Å². The first-order chi connectivity index (χ1) is 10.2. The molecule has 0 saturated heterocycles. The maximum Gasteiger partial charge on any atom is 0.150 e. The van der Waals surface area contributed by atoms with Crippen molar-refractivity contribution in [2.45, 2.75) is 25.2 Å². The molecule has 4 rings (SSSR count). The molecule has 0 amide bonds. The van der Waals surface area contributed by atoms with Crippen molar-refractivity contribution >= 4 is 22.9 Å². The molecule has 0 radical (unpaired) electrons. The summed E-state index contributed by atoms with van der Waals surface area (Å²) in [4.78, 5) is 9.08. The Morgan fingerprint density at radius 3 is 2.86 bits per heavy atom. The van der Waals surface area contributed by atoms with Crippen LogP contribution in [0.2, 0.25) is 5.02 Å². The predicted octanol–water partition coefficient (Wildman–Crippen LogP) is 3.90. The zero-order valence-corrected chi connectivity index (χ0v) is 12.2. The van der Waals surface area contributed by atoms with Gasteiger partial charge in [0.05, 0.1) is 0 Å². The summed E-state index contributed by atoms with van der Waals surface area (Å²) in [7, 11) is 0. The fourth-order valence-electron chi connectivity index (χ4n) is 2.88. The molecule has 1 fully saturated rings. The fraction of sp³-hybridized carbons (Fsp3) is 0.250. The number of benzene rings is 1. The Balaban J connectivity index is 2.00. The smallest absolute Gasteiger partial charge is 0.150 e. The van der Waals surface area contributed by atoms with Gasteiger partial charge in [-0.15, -0.1) is 0 Å². The van der Waals surface area contributed by atoms with Crippen LogP contribution in [0.1, 0.15) is 31.0 Å². The van der Waals surface area contributed by atoms with E-state index in [0.29, 0.717) is 16.8 Å². The van der Waals surface area contributed by atoms with Gasteiger partial charge in [-0.3, -0.25) is 4.40 Å². The second-order valence-electron chi connectivity index (χ2n) is 5.49. The molecule has 5 heteroatoms. The Bertz CT molecular complexity index is 820. The molecule has 2 N–H and O–H groups in total. The standard InChI is InChI=1S/C16H15ClN4/c17-12-6-2-5-11(9-12)13-14-15(18)19-7-8-21(14)16(20-13)10-3-1-4-10/h2,5-10H,1,3-4H2,(H2,18,19). The minimum absolute atomic E-state index is 0.505. The van der Waals surface area contributed by atoms with Gasteiger partial charge in [0, 0.05) is 28.9 Å². The van der Waals surface area contributed by atoms with Gasteiger partial charge < -0.3 is 5.73 Å². The summed E-state index contributed by atoms with van der Waals surface area (Å²) in [5.74, 6) is 2.11. The molecule has 1 aromatic carbocycles. The van der Waals surface area contributed by atoms with Crippen molar-refractivity contribution in [1.29, 1.82) is 0 Å². The number of nitrogens with zero attached hydrogens (tertiary/aromatic N) is 3. The Labute approximate surface area is 127 Å². The monoisotopic (exact) mass is 298 g/mol. The molecule has 1 saturated carbocycles. The molecule has 21 heavy (non-hydrogen) atoms. The highest BCUT2D eigenvalue weighted by Crippen LogP contribution is 2.39. The molecule has 4 nitrogen and oxygen atoms in total. The van der Waals surface area contributed by atoms with Gasteiger partial charge >= 0.3 is 0 Å². The highest BCUT2D eigenvalue weighted by atomic mass is 35.5. The Morgan fingerprint density at radius 2 is 2.14 bits per heavy atom. The van der Waals surface area contributed by atoms with E-state index in [9.17, 15) is 0 Å². The Morgan fingerprint density at radius 1 is 1.29 bits per heavy atom. The van der Waals surface area contributed by atoms with Gasteiger partial charge in [-0.05, 0) is 25.0 Å². The van der Waals surface area contributed by atoms with Crippen LogP contribution < -0.4 is 5.73 Å². The molecule has 0 unspecified atom stereocenters. The van der Waals surface area contributed by atoms with Gasteiger partial charge in [-0.2, -0.15) is 0 Å². The number of halogens is 1. The van der Waals surface area contributed by atoms with Crippen molar-refractivity contribution in [2.24, 2.45) is 0 Å². The lowest BCUT2D eigenvalue weighted by atomic mass is 9.85. The number of fused-ring (bicyclic) bond motifs is 1. The zero-order chi connectivity index (χ0) is 14.4. The lowest BCUT2D eigenvalue weighted by Crippen LogP contribution is -2.12. The topological polar surface area (TPSA) is 56.2 Å². The summed E-state index contributed by atoms with van der Waals surface area (Å²) in [6, 6.07) is 7.71. The summed E-state index contributed by atoms with van der Waals surface area (Å²) in [6.45, 7) is 0. The van der Waals surface area contributed by atoms with Crippen molar-refractivity contribution in [1.82, 2.24) is 14.4 Å². The number of imidazole rings is 1. The molecular formula is C16H15ClN4. The van der Waals surface area contributed by atoms with E-state index in [-0.39, 0.29) is 0 Å². The van der Waals surface area contributed by atoms with Crippen molar-refractivity contribution in [3.8, 4) is 11.3 Å². The maximum absolute atomic E-state index is 6.11. The number of anilines is 1. The average molecular weight is 299 g/mol. The minimum Gasteiger partial charge on any atom is -0.382 e. The van der Waals surface area contributed by atoms with Crippen LogP contribution in [0.15, 0.2) is 36.7 Å². The molecule has 0 bridgehead atoms. The average Bonchev–Trinajstić information content (AvgIpc) is 2.78. The molecule has 3 aromatic rings. The summed E-state index contributed by atoms with van der Waals surface area (Å²) >= 11 is 6.11. The molecule has 0 spiro atoms. The normalized spacial score (nSPS) is 15.3. The van der Waals surface area contributed by atoms with Crippen molar-refractivity contribution in [3.63, 3.8) is 0 Å². The quantitative estimate of drug-likeness (QED) is 0.780. The van der Waals surface area contributed by atoms with Crippen LogP contribution in [0.3, 0.4) is 0 Å². The SMILES string of the molecule is Nc1nccn2c(C3CCC3)nc(-c3cccc(Cl)c3)c12. The highest BCUT2D eigenvalue weighted by molar-refractivity contribution is 6.30. The first kappa shape index (κ1) is 12.7. The van der Waals surface area contributed by atoms with Gasteiger partial charge in [-0.1, -0.05) is 30.2 Å². The predicted molar refractivity (Wildman–Crippen MR) is 84.4 cm³/mol. The zero-order valence-electron chi connectivity index (χ0n) is 11.5. The summed E-state index contributed by atoms with van der Waals surface area (Å²) < 4.78 is 2.09. The first-order valence-electron chi connectivity index (χ1n) is 7.12. The van der Waals surface area contributed by atoms with Crippen LogP contribution in [-0.4, -0.2) is 14.4 Å². The van der Waals surface area contributed by atoms with E-state index in [1.807, 2.05) is 30.5 Å². The largest absolute Gasteiger partial charge is 0.382 e. The van der Waals surface area contributed by atoms with Gasteiger partial charge in [0.1, 0.15) is 22.9 Å². The molecule has 1 aliphatic carbocycles. The number of nitrogens with two attached hydrogens (primary N) is 1. The molecule has 2 heterocycles. The van der Waals surface area contributed by atoms with Gasteiger partial charge in [0.25, 0.3) is 0 Å². The van der Waals surface area contributed by atoms with Gasteiger partial charge in [-0.25, -0.2) is 9.97 Å². The van der Waals surface area contributed by atoms with Crippen LogP contribution in [0.25, 0.3) is 16.8 Å². The van der Waals surface area contributed by atoms with Crippen LogP contribution in [0.4, 0.5) is 5.82 Å². The van der Waals surface area contributed by atoms with Gasteiger partial charge in [0.15, 0.2) is 0 Å². The number of hydrogen-bond donors (Lipinski definition) is 1. The van der Waals surface area contributed by atoms with E-state index >= 15 is 0 Å². The highest BCUT2D eigenvalue weighted by Gasteiger charge is 2.26. The summed E-state index contributed by atoms with van der Waals surface area (Å²) in [5.41, 5.74) is 8.82. The molecule has 0 atom stereocenters. The Hall–Kier alpha value is -2.07. The lowest BCUT2D eigenvalue weighted by Gasteiger charge is -2.23. The Kier molecular flexibility index (Phi) is 2.86. The van der Waals surface area contributed by atoms with E-state index in [1.165, 1.54) is 19.3 Å². The third-order valence-electron chi connectivity index (χ3n) is 4.18. The first-order valence-corrected chi connectivity index (χ1v) is 7.50. The summed E-state index contributed by atoms with van der Waals surface area (Å²) in [5, 5.41) is 0.696. The van der Waals surface area contributed by atoms with Crippen molar-refractivity contribution in [2.75, 3.05) is 5.73 Å². The van der Waals surface area contributed by atoms with Crippen LogP contribution in [0.5, 0.6) is 0 Å². The molecule has 2 aromatic heterocycles. The third kappa shape index (κ3) is 1.98. The second-order valence-corrected chi connectivity index (χ2v) is 5.92. The van der Waals surface area contributed by atoms with E-state index < -0.39 is 0 Å². The fourth-order valence-corrected chi connectivity index (χ4v) is 3.07. The second kappa shape index (κ2) is 4.74. The molecule has 1 aliphatic rings. The number of aromatic nitrogens is 3. The van der Waals surface area contributed by atoms with Crippen LogP contribution in [-0.2, 0) is 0 Å². The van der Waals surface area contributed by atoms with Crippen LogP contribution in [0, 0.1) is 0 Å². The van der Waals surface area contributed by atoms with Crippen molar-refractivity contribution in [3.05, 3.63) is 47.5 Å². The summed E-state index contributed by atoms with van der Waals surface area (Å²) in [6.07, 6.45) is 7.33. The van der Waals surface area contributed by atoms with E-state index in [0.717, 1.165) is 22.6 Å². The van der Waals surface area contributed by atoms with Crippen molar-refractivity contribution < 1.29 is 0 Å². The maximum atomic E-state index is 6.11.